The van der Waals surface area contributed by atoms with Crippen LogP contribution < -0.4 is 10.6 Å². The molecular weight excluding hydrogens is 704 g/mol. The third-order valence-electron chi connectivity index (χ3n) is 9.69. The fourth-order valence-corrected chi connectivity index (χ4v) is 6.92. The predicted molar refractivity (Wildman–Crippen MR) is 168 cm³/mol. The molecule has 4 saturated heterocycles. The zero-order valence-corrected chi connectivity index (χ0v) is 29.4. The van der Waals surface area contributed by atoms with Gasteiger partial charge >= 0.3 is 0 Å². The van der Waals surface area contributed by atoms with Crippen molar-refractivity contribution in [3.8, 4) is 0 Å². The number of ether oxygens (including phenoxy) is 7. The molecule has 0 aromatic carbocycles. The molecule has 4 rings (SSSR count). The first kappa shape index (κ1) is 43.0. The predicted octanol–water partition coefficient (Wildman–Crippen LogP) is -6.73. The van der Waals surface area contributed by atoms with Crippen molar-refractivity contribution in [1.82, 2.24) is 10.6 Å². The highest BCUT2D eigenvalue weighted by molar-refractivity contribution is 5.73. The topological polar surface area (TPSA) is 325 Å². The summed E-state index contributed by atoms with van der Waals surface area (Å²) in [6.07, 6.45) is -28.1. The van der Waals surface area contributed by atoms with E-state index in [0.29, 0.717) is 0 Å². The number of aliphatic hydroxyl groups excluding tert-OH is 10. The Morgan fingerprint density at radius 1 is 0.558 bits per heavy atom. The van der Waals surface area contributed by atoms with Crippen LogP contribution in [0, 0.1) is 5.92 Å². The largest absolute Gasteiger partial charge is 0.394 e. The van der Waals surface area contributed by atoms with Gasteiger partial charge < -0.3 is 94.9 Å². The summed E-state index contributed by atoms with van der Waals surface area (Å²) in [5.74, 6) is -1.54. The van der Waals surface area contributed by atoms with E-state index < -0.39 is 154 Å². The van der Waals surface area contributed by atoms with Gasteiger partial charge in [0, 0.05) is 13.8 Å². The van der Waals surface area contributed by atoms with Crippen LogP contribution in [0.15, 0.2) is 0 Å². The van der Waals surface area contributed by atoms with E-state index in [1.165, 1.54) is 13.8 Å². The quantitative estimate of drug-likeness (QED) is 0.0880. The Morgan fingerprint density at radius 2 is 1.06 bits per heavy atom. The first-order valence-corrected chi connectivity index (χ1v) is 17.2. The highest BCUT2D eigenvalue weighted by Gasteiger charge is 2.56. The summed E-state index contributed by atoms with van der Waals surface area (Å²) in [4.78, 5) is 24.4. The van der Waals surface area contributed by atoms with Crippen LogP contribution >= 0.6 is 0 Å². The minimum absolute atomic E-state index is 0.326. The highest BCUT2D eigenvalue weighted by Crippen LogP contribution is 2.36. The Hall–Kier alpha value is -1.74. The van der Waals surface area contributed by atoms with Gasteiger partial charge in [-0.25, -0.2) is 0 Å². The molecular formula is C31H54N2O19. The van der Waals surface area contributed by atoms with Gasteiger partial charge in [-0.3, -0.25) is 9.59 Å². The van der Waals surface area contributed by atoms with Crippen molar-refractivity contribution in [2.75, 3.05) is 19.8 Å². The summed E-state index contributed by atoms with van der Waals surface area (Å²) in [5.41, 5.74) is 0. The van der Waals surface area contributed by atoms with E-state index in [2.05, 4.69) is 10.6 Å². The van der Waals surface area contributed by atoms with Crippen molar-refractivity contribution < 1.29 is 93.8 Å². The molecule has 21 heteroatoms. The maximum absolute atomic E-state index is 12.5. The van der Waals surface area contributed by atoms with Gasteiger partial charge in [-0.1, -0.05) is 13.8 Å². The van der Waals surface area contributed by atoms with E-state index in [-0.39, 0.29) is 5.92 Å². The molecule has 2 amide bonds. The van der Waals surface area contributed by atoms with E-state index >= 15 is 0 Å². The van der Waals surface area contributed by atoms with E-state index in [1.807, 2.05) is 0 Å². The summed E-state index contributed by atoms with van der Waals surface area (Å²) < 4.78 is 41.4. The second kappa shape index (κ2) is 18.3. The van der Waals surface area contributed by atoms with E-state index in [4.69, 9.17) is 33.2 Å². The third kappa shape index (κ3) is 9.20. The Labute approximate surface area is 299 Å². The number of nitrogens with one attached hydrogen (secondary N) is 2. The molecule has 12 N–H and O–H groups in total. The van der Waals surface area contributed by atoms with Crippen LogP contribution in [-0.4, -0.2) is 205 Å². The van der Waals surface area contributed by atoms with Gasteiger partial charge in [-0.15, -0.1) is 0 Å². The Kier molecular flexibility index (Phi) is 15.1. The van der Waals surface area contributed by atoms with Gasteiger partial charge in [-0.05, 0) is 12.8 Å². The average molecular weight is 759 g/mol. The van der Waals surface area contributed by atoms with Crippen LogP contribution in [0.25, 0.3) is 0 Å². The van der Waals surface area contributed by atoms with Gasteiger partial charge in [0.25, 0.3) is 0 Å². The van der Waals surface area contributed by atoms with Crippen LogP contribution in [0.4, 0.5) is 0 Å². The zero-order valence-electron chi connectivity index (χ0n) is 29.4. The van der Waals surface area contributed by atoms with Crippen LogP contribution in [-0.2, 0) is 42.7 Å². The number of amides is 2. The van der Waals surface area contributed by atoms with Crippen molar-refractivity contribution in [1.29, 1.82) is 0 Å². The van der Waals surface area contributed by atoms with Crippen molar-refractivity contribution in [2.24, 2.45) is 5.92 Å². The lowest BCUT2D eigenvalue weighted by atomic mass is 9.86. The molecule has 0 aliphatic carbocycles. The molecule has 0 spiro atoms. The van der Waals surface area contributed by atoms with Gasteiger partial charge in [0.05, 0.1) is 38.1 Å². The molecule has 0 aromatic rings. The summed E-state index contributed by atoms with van der Waals surface area (Å²) in [6, 6.07) is -2.57. The normalized spacial score (nSPS) is 47.2. The lowest BCUT2D eigenvalue weighted by Crippen LogP contribution is -2.70. The molecule has 21 nitrogen and oxygen atoms in total. The molecule has 4 heterocycles. The summed E-state index contributed by atoms with van der Waals surface area (Å²) in [6.45, 7) is 4.92. The third-order valence-corrected chi connectivity index (χ3v) is 9.69. The van der Waals surface area contributed by atoms with Gasteiger partial charge in [0.15, 0.2) is 18.9 Å². The van der Waals surface area contributed by atoms with Crippen LogP contribution in [0.3, 0.4) is 0 Å². The minimum atomic E-state index is -1.98. The zero-order chi connectivity index (χ0) is 38.8. The summed E-state index contributed by atoms with van der Waals surface area (Å²) in [5, 5.41) is 111. The Bertz CT molecular complexity index is 1170. The lowest BCUT2D eigenvalue weighted by molar-refractivity contribution is -0.375. The van der Waals surface area contributed by atoms with Crippen LogP contribution in [0.5, 0.6) is 0 Å². The molecule has 4 aliphatic heterocycles. The number of rotatable bonds is 12. The van der Waals surface area contributed by atoms with E-state index in [0.717, 1.165) is 6.92 Å². The number of aliphatic hydroxyl groups is 10. The monoisotopic (exact) mass is 758 g/mol. The minimum Gasteiger partial charge on any atom is -0.394 e. The fourth-order valence-electron chi connectivity index (χ4n) is 6.92. The van der Waals surface area contributed by atoms with E-state index in [1.54, 1.807) is 13.8 Å². The molecule has 4 aliphatic rings. The molecule has 4 fully saturated rings. The molecule has 0 radical (unpaired) electrons. The standard InChI is InChI=1S/C31H54N2O19/c1-9(2)25-17(33-12(5)38)27(51-30-23(44)22(43)18(39)10(3)46-30)26(15(8-36)47-25)50-31-24(45)28(20(41)14(7-35)49-31)52-29-16(32-11(4)37)21(42)19(40)13(6-34)48-29/h9-10,13-31,34-36,39-45H,6-8H2,1-5H3,(H,32,37)(H,33,38). The van der Waals surface area contributed by atoms with Gasteiger partial charge in [-0.2, -0.15) is 0 Å². The lowest BCUT2D eigenvalue weighted by Gasteiger charge is -2.51. The van der Waals surface area contributed by atoms with Crippen molar-refractivity contribution in [2.45, 2.75) is 157 Å². The fraction of sp³-hybridized carbons (Fsp3) is 0.935. The molecule has 0 saturated carbocycles. The van der Waals surface area contributed by atoms with Gasteiger partial charge in [0.2, 0.25) is 11.8 Å². The summed E-state index contributed by atoms with van der Waals surface area (Å²) >= 11 is 0. The summed E-state index contributed by atoms with van der Waals surface area (Å²) in [7, 11) is 0. The smallest absolute Gasteiger partial charge is 0.217 e. The second-order valence-electron chi connectivity index (χ2n) is 13.9. The first-order valence-electron chi connectivity index (χ1n) is 17.2. The maximum Gasteiger partial charge on any atom is 0.217 e. The van der Waals surface area contributed by atoms with Crippen molar-refractivity contribution >= 4 is 11.8 Å². The average Bonchev–Trinajstić information content (AvgIpc) is 3.09. The second-order valence-corrected chi connectivity index (χ2v) is 13.9. The number of hydrogen-bond donors (Lipinski definition) is 12. The molecule has 0 bridgehead atoms. The van der Waals surface area contributed by atoms with Crippen LogP contribution in [0.1, 0.15) is 34.6 Å². The molecule has 52 heavy (non-hydrogen) atoms. The molecule has 20 unspecified atom stereocenters. The molecule has 302 valence electrons. The Balaban J connectivity index is 1.69. The van der Waals surface area contributed by atoms with Crippen molar-refractivity contribution in [3.05, 3.63) is 0 Å². The Morgan fingerprint density at radius 3 is 1.62 bits per heavy atom. The van der Waals surface area contributed by atoms with Crippen molar-refractivity contribution in [3.63, 3.8) is 0 Å². The first-order chi connectivity index (χ1) is 24.4. The number of hydrogen-bond acceptors (Lipinski definition) is 19. The number of carbonyl (C=O) groups is 2. The van der Waals surface area contributed by atoms with Crippen LogP contribution in [0.2, 0.25) is 0 Å². The SMILES string of the molecule is CC(=O)NC1C(OC2C(O)C(CO)OC(OC3C(CO)OC(C(C)C)C(NC(C)=O)C3OC3OC(C)C(O)C(O)C3O)C2O)OC(CO)C(O)C1O. The van der Waals surface area contributed by atoms with E-state index in [9.17, 15) is 60.7 Å². The highest BCUT2D eigenvalue weighted by atomic mass is 16.8. The number of carbonyl (C=O) groups excluding carboxylic acids is 2. The maximum atomic E-state index is 12.5. The molecule has 20 atom stereocenters. The molecule has 0 aromatic heterocycles. The van der Waals surface area contributed by atoms with Gasteiger partial charge in [0.1, 0.15) is 85.4 Å².